The molecule has 0 spiro atoms. The molecule has 1 aliphatic heterocycles. The second kappa shape index (κ2) is 6.61. The smallest absolute Gasteiger partial charge is 0.157 e. The van der Waals surface area contributed by atoms with Crippen molar-refractivity contribution in [3.8, 4) is 28.7 Å². The van der Waals surface area contributed by atoms with Crippen molar-refractivity contribution in [2.24, 2.45) is 0 Å². The van der Waals surface area contributed by atoms with Gasteiger partial charge in [0.25, 0.3) is 0 Å². The Morgan fingerprint density at radius 1 is 0.870 bits per heavy atom. The van der Waals surface area contributed by atoms with Gasteiger partial charge in [0.2, 0.25) is 0 Å². The van der Waals surface area contributed by atoms with E-state index < -0.39 is 12.2 Å². The summed E-state index contributed by atoms with van der Waals surface area (Å²) in [6.07, 6.45) is -1.56. The first-order valence-corrected chi connectivity index (χ1v) is 6.37. The Labute approximate surface area is 131 Å². The molecule has 8 nitrogen and oxygen atoms in total. The minimum Gasteiger partial charge on any atom is -0.508 e. The van der Waals surface area contributed by atoms with Gasteiger partial charge >= 0.3 is 0 Å². The average molecular weight is 326 g/mol. The zero-order valence-electron chi connectivity index (χ0n) is 11.9. The summed E-state index contributed by atoms with van der Waals surface area (Å²) in [5.41, 5.74) is 0.894. The molecule has 0 aromatic heterocycles. The second-order valence-corrected chi connectivity index (χ2v) is 5.00. The average Bonchev–Trinajstić information content (AvgIpc) is 2.42. The molecular formula is C15H18O8. The zero-order valence-corrected chi connectivity index (χ0v) is 11.9. The van der Waals surface area contributed by atoms with Gasteiger partial charge in [-0.3, -0.25) is 0 Å². The van der Waals surface area contributed by atoms with Gasteiger partial charge in [-0.1, -0.05) is 6.07 Å². The highest BCUT2D eigenvalue weighted by Crippen LogP contribution is 2.42. The molecule has 0 aliphatic carbocycles. The zero-order chi connectivity index (χ0) is 15.1. The minimum atomic E-state index is -0.933. The third-order valence-corrected chi connectivity index (χ3v) is 3.51. The lowest BCUT2D eigenvalue weighted by atomic mass is 9.94. The normalized spacial score (nSPS) is 18.8. The van der Waals surface area contributed by atoms with E-state index >= 15 is 0 Å². The van der Waals surface area contributed by atoms with E-state index in [-0.39, 0.29) is 46.1 Å². The molecule has 3 rings (SSSR count). The van der Waals surface area contributed by atoms with Crippen molar-refractivity contribution in [1.82, 2.24) is 0 Å². The number of aliphatic hydroxyl groups is 1. The number of benzene rings is 2. The van der Waals surface area contributed by atoms with Crippen molar-refractivity contribution < 1.29 is 41.2 Å². The minimum absolute atomic E-state index is 0. The van der Waals surface area contributed by atoms with Gasteiger partial charge in [0.05, 0.1) is 6.10 Å². The fourth-order valence-corrected chi connectivity index (χ4v) is 2.47. The van der Waals surface area contributed by atoms with Crippen LogP contribution in [0.15, 0.2) is 30.3 Å². The molecule has 1 aliphatic rings. The van der Waals surface area contributed by atoms with Crippen LogP contribution in [0.5, 0.6) is 28.7 Å². The number of aliphatic hydroxyl groups excluding tert-OH is 1. The summed E-state index contributed by atoms with van der Waals surface area (Å²) in [6.45, 7) is 0. The molecule has 0 amide bonds. The summed E-state index contributed by atoms with van der Waals surface area (Å²) < 4.78 is 5.62. The van der Waals surface area contributed by atoms with Gasteiger partial charge in [0, 0.05) is 24.1 Å². The molecule has 2 aromatic rings. The molecule has 2 unspecified atom stereocenters. The fourth-order valence-electron chi connectivity index (χ4n) is 2.47. The Morgan fingerprint density at radius 3 is 2.22 bits per heavy atom. The van der Waals surface area contributed by atoms with Crippen LogP contribution >= 0.6 is 0 Å². The molecule has 23 heavy (non-hydrogen) atoms. The first-order valence-electron chi connectivity index (χ1n) is 6.37. The third kappa shape index (κ3) is 3.24. The van der Waals surface area contributed by atoms with Crippen LogP contribution in [0.25, 0.3) is 0 Å². The summed E-state index contributed by atoms with van der Waals surface area (Å²) in [5, 5.41) is 48.3. The maximum atomic E-state index is 10.2. The fraction of sp³-hybridized carbons (Fsp3) is 0.200. The van der Waals surface area contributed by atoms with Crippen LogP contribution in [0.1, 0.15) is 17.2 Å². The van der Waals surface area contributed by atoms with Gasteiger partial charge in [-0.2, -0.15) is 0 Å². The lowest BCUT2D eigenvalue weighted by molar-refractivity contribution is 0.0197. The monoisotopic (exact) mass is 326 g/mol. The van der Waals surface area contributed by atoms with Crippen LogP contribution < -0.4 is 4.74 Å². The largest absolute Gasteiger partial charge is 0.508 e. The number of phenols is 4. The van der Waals surface area contributed by atoms with Crippen LogP contribution in [0.4, 0.5) is 0 Å². The van der Waals surface area contributed by atoms with Crippen LogP contribution in [-0.2, 0) is 6.42 Å². The van der Waals surface area contributed by atoms with Crippen LogP contribution in [0, 0.1) is 0 Å². The van der Waals surface area contributed by atoms with Gasteiger partial charge < -0.3 is 41.2 Å². The second-order valence-electron chi connectivity index (χ2n) is 5.00. The van der Waals surface area contributed by atoms with E-state index in [1.165, 1.54) is 30.3 Å². The summed E-state index contributed by atoms with van der Waals surface area (Å²) in [5.74, 6) is -0.589. The van der Waals surface area contributed by atoms with Crippen LogP contribution in [-0.4, -0.2) is 42.6 Å². The number of hydrogen-bond acceptors (Lipinski definition) is 6. The quantitative estimate of drug-likeness (QED) is 0.457. The summed E-state index contributed by atoms with van der Waals surface area (Å²) in [7, 11) is 0. The van der Waals surface area contributed by atoms with Gasteiger partial charge in [0.1, 0.15) is 23.4 Å². The Bertz CT molecular complexity index is 700. The van der Waals surface area contributed by atoms with Crippen molar-refractivity contribution >= 4 is 0 Å². The molecule has 9 N–H and O–H groups in total. The molecule has 2 atom stereocenters. The predicted octanol–water partition coefficient (Wildman–Crippen LogP) is -0.103. The lowest BCUT2D eigenvalue weighted by Gasteiger charge is -2.31. The molecule has 1 heterocycles. The highest BCUT2D eigenvalue weighted by Gasteiger charge is 2.32. The van der Waals surface area contributed by atoms with E-state index in [1.54, 1.807) is 0 Å². The summed E-state index contributed by atoms with van der Waals surface area (Å²) >= 11 is 0. The molecular weight excluding hydrogens is 308 g/mol. The van der Waals surface area contributed by atoms with E-state index in [9.17, 15) is 25.5 Å². The number of aromatic hydroxyl groups is 4. The molecule has 8 heteroatoms. The van der Waals surface area contributed by atoms with Crippen molar-refractivity contribution in [2.45, 2.75) is 18.6 Å². The Morgan fingerprint density at radius 2 is 1.57 bits per heavy atom. The maximum absolute atomic E-state index is 10.2. The molecule has 0 fully saturated rings. The topological polar surface area (TPSA) is 173 Å². The number of rotatable bonds is 1. The number of ether oxygens (including phenoxy) is 1. The van der Waals surface area contributed by atoms with Gasteiger partial charge in [-0.25, -0.2) is 0 Å². The predicted molar refractivity (Wildman–Crippen MR) is 79.9 cm³/mol. The molecule has 126 valence electrons. The maximum Gasteiger partial charge on any atom is 0.157 e. The molecule has 0 radical (unpaired) electrons. The standard InChI is InChI=1S/C15H14O6.2H2O/c16-8-4-11(18)9-6-13(20)15(21-14(9)5-8)7-1-2-10(17)12(19)3-7;;/h1-5,13,15-20H,6H2;2*1H2. The van der Waals surface area contributed by atoms with E-state index in [4.69, 9.17) is 4.74 Å². The van der Waals surface area contributed by atoms with Gasteiger partial charge in [-0.15, -0.1) is 0 Å². The first-order chi connectivity index (χ1) is 9.95. The Kier molecular flexibility index (Phi) is 5.28. The van der Waals surface area contributed by atoms with Gasteiger partial charge in [-0.05, 0) is 17.7 Å². The van der Waals surface area contributed by atoms with E-state index in [0.29, 0.717) is 11.1 Å². The third-order valence-electron chi connectivity index (χ3n) is 3.51. The highest BCUT2D eigenvalue weighted by molar-refractivity contribution is 5.52. The highest BCUT2D eigenvalue weighted by atomic mass is 16.5. The lowest BCUT2D eigenvalue weighted by Crippen LogP contribution is -2.30. The van der Waals surface area contributed by atoms with E-state index in [0.717, 1.165) is 0 Å². The van der Waals surface area contributed by atoms with Crippen molar-refractivity contribution in [3.05, 3.63) is 41.5 Å². The van der Waals surface area contributed by atoms with Crippen molar-refractivity contribution in [2.75, 3.05) is 0 Å². The Balaban J connectivity index is 0.00000132. The number of phenolic OH excluding ortho intramolecular Hbond substituents is 4. The summed E-state index contributed by atoms with van der Waals surface area (Å²) in [6, 6.07) is 6.67. The van der Waals surface area contributed by atoms with Crippen molar-refractivity contribution in [1.29, 1.82) is 0 Å². The molecule has 0 saturated heterocycles. The SMILES string of the molecule is O.O.Oc1cc(O)c2c(c1)OC(c1ccc(O)c(O)c1)C(O)C2. The van der Waals surface area contributed by atoms with E-state index in [1.807, 2.05) is 0 Å². The van der Waals surface area contributed by atoms with Crippen molar-refractivity contribution in [3.63, 3.8) is 0 Å². The number of hydrogen-bond donors (Lipinski definition) is 5. The Hall–Kier alpha value is -2.68. The number of fused-ring (bicyclic) bond motifs is 1. The molecule has 2 aromatic carbocycles. The van der Waals surface area contributed by atoms with E-state index in [2.05, 4.69) is 0 Å². The van der Waals surface area contributed by atoms with Crippen LogP contribution in [0.3, 0.4) is 0 Å². The summed E-state index contributed by atoms with van der Waals surface area (Å²) in [4.78, 5) is 0. The molecule has 0 saturated carbocycles. The molecule has 0 bridgehead atoms. The van der Waals surface area contributed by atoms with Gasteiger partial charge in [0.15, 0.2) is 11.5 Å². The first kappa shape index (κ1) is 18.4. The van der Waals surface area contributed by atoms with Crippen LogP contribution in [0.2, 0.25) is 0 Å².